The third-order valence-electron chi connectivity index (χ3n) is 5.40. The van der Waals surface area contributed by atoms with Gasteiger partial charge in [-0.2, -0.15) is 0 Å². The first-order chi connectivity index (χ1) is 13.6. The average molecular weight is 381 g/mol. The second kappa shape index (κ2) is 8.02. The Balaban J connectivity index is 1.45. The number of hydrogen-bond acceptors (Lipinski definition) is 4. The highest BCUT2D eigenvalue weighted by Crippen LogP contribution is 2.44. The van der Waals surface area contributed by atoms with E-state index in [1.807, 2.05) is 24.3 Å². The summed E-state index contributed by atoms with van der Waals surface area (Å²) in [5.41, 5.74) is 4.70. The Labute approximate surface area is 163 Å². The number of benzene rings is 2. The summed E-state index contributed by atoms with van der Waals surface area (Å²) < 4.78 is 11.1. The van der Waals surface area contributed by atoms with E-state index >= 15 is 0 Å². The maximum Gasteiger partial charge on any atom is 0.409 e. The van der Waals surface area contributed by atoms with Crippen LogP contribution >= 0.6 is 0 Å². The van der Waals surface area contributed by atoms with Gasteiger partial charge in [0.05, 0.1) is 19.6 Å². The minimum Gasteiger partial charge on any atom is -0.481 e. The molecule has 1 heterocycles. The molecule has 1 N–H and O–H groups in total. The molecule has 0 bridgehead atoms. The molecule has 6 nitrogen and oxygen atoms in total. The predicted molar refractivity (Wildman–Crippen MR) is 103 cm³/mol. The van der Waals surface area contributed by atoms with Gasteiger partial charge in [0.2, 0.25) is 0 Å². The van der Waals surface area contributed by atoms with Crippen molar-refractivity contribution in [2.75, 3.05) is 32.9 Å². The molecule has 28 heavy (non-hydrogen) atoms. The SMILES string of the molecule is O=C(O)CC1COCCN(C(=O)OCC2c3ccccc3-c3ccccc32)C1. The molecule has 0 saturated carbocycles. The van der Waals surface area contributed by atoms with E-state index in [1.54, 1.807) is 4.90 Å². The van der Waals surface area contributed by atoms with Gasteiger partial charge in [-0.3, -0.25) is 4.79 Å². The second-order valence-corrected chi connectivity index (χ2v) is 7.29. The first-order valence-electron chi connectivity index (χ1n) is 9.53. The molecule has 0 radical (unpaired) electrons. The van der Waals surface area contributed by atoms with E-state index in [9.17, 15) is 9.59 Å². The van der Waals surface area contributed by atoms with Crippen LogP contribution in [0.4, 0.5) is 4.79 Å². The Bertz CT molecular complexity index is 835. The highest BCUT2D eigenvalue weighted by Gasteiger charge is 2.30. The van der Waals surface area contributed by atoms with Crippen molar-refractivity contribution in [3.8, 4) is 11.1 Å². The largest absolute Gasteiger partial charge is 0.481 e. The van der Waals surface area contributed by atoms with Crippen LogP contribution in [-0.4, -0.2) is 55.0 Å². The molecule has 6 heteroatoms. The molecule has 1 amide bonds. The fourth-order valence-corrected chi connectivity index (χ4v) is 4.10. The number of ether oxygens (including phenoxy) is 2. The second-order valence-electron chi connectivity index (χ2n) is 7.29. The molecule has 2 aliphatic rings. The van der Waals surface area contributed by atoms with Crippen molar-refractivity contribution in [1.82, 2.24) is 4.90 Å². The zero-order chi connectivity index (χ0) is 19.5. The van der Waals surface area contributed by atoms with Gasteiger partial charge in [0, 0.05) is 24.9 Å². The normalized spacial score (nSPS) is 18.9. The quantitative estimate of drug-likeness (QED) is 0.879. The molecule has 1 atom stereocenters. The minimum absolute atomic E-state index is 0.00870. The van der Waals surface area contributed by atoms with Gasteiger partial charge >= 0.3 is 12.1 Å². The van der Waals surface area contributed by atoms with E-state index in [4.69, 9.17) is 14.6 Å². The van der Waals surface area contributed by atoms with Crippen LogP contribution in [0.2, 0.25) is 0 Å². The van der Waals surface area contributed by atoms with Crippen LogP contribution < -0.4 is 0 Å². The van der Waals surface area contributed by atoms with Gasteiger partial charge in [0.1, 0.15) is 6.61 Å². The Kier molecular flexibility index (Phi) is 5.30. The van der Waals surface area contributed by atoms with E-state index in [0.717, 1.165) is 0 Å². The third-order valence-corrected chi connectivity index (χ3v) is 5.40. The van der Waals surface area contributed by atoms with Gasteiger partial charge in [-0.25, -0.2) is 4.79 Å². The van der Waals surface area contributed by atoms with E-state index in [0.29, 0.717) is 26.3 Å². The summed E-state index contributed by atoms with van der Waals surface area (Å²) in [5.74, 6) is -1.10. The molecule has 0 spiro atoms. The monoisotopic (exact) mass is 381 g/mol. The molecule has 146 valence electrons. The minimum atomic E-state index is -0.886. The summed E-state index contributed by atoms with van der Waals surface area (Å²) in [6.07, 6.45) is -0.435. The van der Waals surface area contributed by atoms with Crippen molar-refractivity contribution >= 4 is 12.1 Å². The molecule has 2 aromatic carbocycles. The molecule has 4 rings (SSSR count). The molecule has 1 aliphatic carbocycles. The maximum atomic E-state index is 12.7. The standard InChI is InChI=1S/C22H23NO5/c24-21(25)11-15-12-23(9-10-27-13-15)22(26)28-14-20-18-7-3-1-5-16(18)17-6-2-4-8-19(17)20/h1-8,15,20H,9-14H2,(H,24,25). The van der Waals surface area contributed by atoms with E-state index in [-0.39, 0.29) is 24.9 Å². The summed E-state index contributed by atoms with van der Waals surface area (Å²) in [6, 6.07) is 16.4. The van der Waals surface area contributed by atoms with Crippen molar-refractivity contribution in [1.29, 1.82) is 0 Å². The van der Waals surface area contributed by atoms with Gasteiger partial charge in [-0.15, -0.1) is 0 Å². The molecule has 2 aromatic rings. The van der Waals surface area contributed by atoms with Crippen molar-refractivity contribution < 1.29 is 24.2 Å². The number of aliphatic carboxylic acids is 1. The van der Waals surface area contributed by atoms with Gasteiger partial charge in [-0.05, 0) is 22.3 Å². The van der Waals surface area contributed by atoms with E-state index in [2.05, 4.69) is 24.3 Å². The average Bonchev–Trinajstić information content (AvgIpc) is 2.83. The summed E-state index contributed by atoms with van der Waals surface area (Å²) in [4.78, 5) is 25.2. The summed E-state index contributed by atoms with van der Waals surface area (Å²) in [7, 11) is 0. The third kappa shape index (κ3) is 3.73. The van der Waals surface area contributed by atoms with Gasteiger partial charge in [0.25, 0.3) is 0 Å². The van der Waals surface area contributed by atoms with Gasteiger partial charge in [-0.1, -0.05) is 48.5 Å². The Morgan fingerprint density at radius 3 is 2.36 bits per heavy atom. The molecular formula is C22H23NO5. The first kappa shape index (κ1) is 18.5. The van der Waals surface area contributed by atoms with Gasteiger partial charge in [0.15, 0.2) is 0 Å². The van der Waals surface area contributed by atoms with E-state index in [1.165, 1.54) is 22.3 Å². The fraction of sp³-hybridized carbons (Fsp3) is 0.364. The predicted octanol–water partition coefficient (Wildman–Crippen LogP) is 3.36. The van der Waals surface area contributed by atoms with Crippen LogP contribution in [-0.2, 0) is 14.3 Å². The lowest BCUT2D eigenvalue weighted by Gasteiger charge is -2.23. The lowest BCUT2D eigenvalue weighted by Crippen LogP contribution is -2.37. The Morgan fingerprint density at radius 2 is 1.71 bits per heavy atom. The summed E-state index contributed by atoms with van der Waals surface area (Å²) in [5, 5.41) is 9.03. The van der Waals surface area contributed by atoms with Crippen molar-refractivity contribution in [2.45, 2.75) is 12.3 Å². The molecule has 1 aliphatic heterocycles. The maximum absolute atomic E-state index is 12.7. The van der Waals surface area contributed by atoms with E-state index < -0.39 is 12.1 Å². The van der Waals surface area contributed by atoms with Crippen LogP contribution in [0.5, 0.6) is 0 Å². The zero-order valence-electron chi connectivity index (χ0n) is 15.5. The van der Waals surface area contributed by atoms with Crippen molar-refractivity contribution in [2.24, 2.45) is 5.92 Å². The molecule has 1 unspecified atom stereocenters. The van der Waals surface area contributed by atoms with Crippen LogP contribution in [0.1, 0.15) is 23.5 Å². The zero-order valence-corrected chi connectivity index (χ0v) is 15.5. The number of rotatable bonds is 4. The number of amides is 1. The van der Waals surface area contributed by atoms with Crippen molar-refractivity contribution in [3.63, 3.8) is 0 Å². The fourth-order valence-electron chi connectivity index (χ4n) is 4.10. The Hall–Kier alpha value is -2.86. The lowest BCUT2D eigenvalue weighted by atomic mass is 9.98. The number of nitrogens with zero attached hydrogens (tertiary/aromatic N) is 1. The van der Waals surface area contributed by atoms with Crippen LogP contribution in [0, 0.1) is 5.92 Å². The topological polar surface area (TPSA) is 76.1 Å². The molecule has 1 saturated heterocycles. The van der Waals surface area contributed by atoms with Crippen LogP contribution in [0.25, 0.3) is 11.1 Å². The lowest BCUT2D eigenvalue weighted by molar-refractivity contribution is -0.138. The highest BCUT2D eigenvalue weighted by molar-refractivity contribution is 5.79. The van der Waals surface area contributed by atoms with Crippen LogP contribution in [0.15, 0.2) is 48.5 Å². The number of fused-ring (bicyclic) bond motifs is 3. The highest BCUT2D eigenvalue weighted by atomic mass is 16.6. The number of carbonyl (C=O) groups excluding carboxylic acids is 1. The molecule has 0 aromatic heterocycles. The van der Waals surface area contributed by atoms with Gasteiger partial charge < -0.3 is 19.5 Å². The number of hydrogen-bond donors (Lipinski definition) is 1. The van der Waals surface area contributed by atoms with Crippen LogP contribution in [0.3, 0.4) is 0 Å². The first-order valence-corrected chi connectivity index (χ1v) is 9.53. The molecule has 1 fully saturated rings. The van der Waals surface area contributed by atoms with Crippen molar-refractivity contribution in [3.05, 3.63) is 59.7 Å². The number of carbonyl (C=O) groups is 2. The Morgan fingerprint density at radius 1 is 1.07 bits per heavy atom. The molecular weight excluding hydrogens is 358 g/mol. The smallest absolute Gasteiger partial charge is 0.409 e. The summed E-state index contributed by atoms with van der Waals surface area (Å²) in [6.45, 7) is 1.74. The number of carboxylic acids is 1. The summed E-state index contributed by atoms with van der Waals surface area (Å²) >= 11 is 0. The number of carboxylic acid groups (broad SMARTS) is 1.